The van der Waals surface area contributed by atoms with Crippen LogP contribution < -0.4 is 0 Å². The molecular weight excluding hydrogens is 617 g/mol. The van der Waals surface area contributed by atoms with E-state index in [1.807, 2.05) is 29.7 Å². The van der Waals surface area contributed by atoms with Gasteiger partial charge in [-0.25, -0.2) is 0 Å². The Kier molecular flexibility index (Phi) is 5.57. The summed E-state index contributed by atoms with van der Waals surface area (Å²) in [4.78, 5) is 0. The highest BCUT2D eigenvalue weighted by Gasteiger charge is 2.19. The van der Waals surface area contributed by atoms with Gasteiger partial charge in [0, 0.05) is 48.0 Å². The van der Waals surface area contributed by atoms with Crippen LogP contribution in [0.3, 0.4) is 0 Å². The third-order valence-electron chi connectivity index (χ3n) is 10.1. The number of hydrogen-bond donors (Lipinski definition) is 0. The zero-order valence-electron chi connectivity index (χ0n) is 26.2. The molecular formula is C46H26O2S. The van der Waals surface area contributed by atoms with Crippen LogP contribution in [-0.4, -0.2) is 0 Å². The van der Waals surface area contributed by atoms with E-state index in [-0.39, 0.29) is 0 Å². The summed E-state index contributed by atoms with van der Waals surface area (Å²) in [5.74, 6) is 0. The van der Waals surface area contributed by atoms with E-state index in [4.69, 9.17) is 8.83 Å². The Morgan fingerprint density at radius 3 is 1.63 bits per heavy atom. The van der Waals surface area contributed by atoms with Crippen molar-refractivity contribution in [2.75, 3.05) is 0 Å². The summed E-state index contributed by atoms with van der Waals surface area (Å²) < 4.78 is 15.2. The number of thiophene rings is 1. The number of furan rings is 2. The average Bonchev–Trinajstić information content (AvgIpc) is 3.85. The minimum absolute atomic E-state index is 0.826. The highest BCUT2D eigenvalue weighted by atomic mass is 32.1. The summed E-state index contributed by atoms with van der Waals surface area (Å²) in [6.45, 7) is 0. The summed E-state index contributed by atoms with van der Waals surface area (Å²) in [6.07, 6.45) is 1.85. The molecule has 0 aliphatic carbocycles. The van der Waals surface area contributed by atoms with Gasteiger partial charge >= 0.3 is 0 Å². The summed E-state index contributed by atoms with van der Waals surface area (Å²) >= 11 is 1.87. The first kappa shape index (κ1) is 26.9. The summed E-state index contributed by atoms with van der Waals surface area (Å²) in [5, 5.41) is 10.9. The molecule has 0 saturated heterocycles. The van der Waals surface area contributed by atoms with Gasteiger partial charge in [0.2, 0.25) is 0 Å². The van der Waals surface area contributed by atoms with Crippen molar-refractivity contribution in [3.8, 4) is 33.4 Å². The second-order valence-corrected chi connectivity index (χ2v) is 13.9. The fourth-order valence-corrected chi connectivity index (χ4v) is 9.07. The molecule has 0 bridgehead atoms. The fraction of sp³-hybridized carbons (Fsp3) is 0. The van der Waals surface area contributed by atoms with Gasteiger partial charge in [-0.1, -0.05) is 115 Å². The molecule has 0 saturated carbocycles. The van der Waals surface area contributed by atoms with Crippen molar-refractivity contribution < 1.29 is 8.83 Å². The molecule has 0 amide bonds. The Balaban J connectivity index is 1.13. The van der Waals surface area contributed by atoms with Crippen molar-refractivity contribution in [1.29, 1.82) is 0 Å². The first-order valence-electron chi connectivity index (χ1n) is 16.6. The van der Waals surface area contributed by atoms with E-state index in [1.54, 1.807) is 0 Å². The van der Waals surface area contributed by atoms with Crippen molar-refractivity contribution in [2.45, 2.75) is 0 Å². The zero-order chi connectivity index (χ0) is 32.1. The van der Waals surface area contributed by atoms with Crippen molar-refractivity contribution >= 4 is 86.0 Å². The quantitative estimate of drug-likeness (QED) is 0.179. The van der Waals surface area contributed by atoms with E-state index >= 15 is 0 Å². The highest BCUT2D eigenvalue weighted by molar-refractivity contribution is 7.25. The molecule has 8 aromatic carbocycles. The Morgan fingerprint density at radius 2 is 0.918 bits per heavy atom. The molecule has 0 atom stereocenters. The standard InChI is InChI=1S/C46H26O2S/c1-2-10-27(11-3-1)39-26-47-40-25-42-37(24-38(39)40)30-20-18-28(22-41(30)48-42)45-33-13-4-6-15-35(33)46(36-16-7-5-14-34(36)45)29-19-21-32-31-12-8-9-17-43(31)49-44(32)23-29/h1-26H. The first-order chi connectivity index (χ1) is 24.3. The smallest absolute Gasteiger partial charge is 0.139 e. The molecule has 11 aromatic rings. The Labute approximate surface area is 285 Å². The van der Waals surface area contributed by atoms with Gasteiger partial charge in [0.25, 0.3) is 0 Å². The molecule has 0 N–H and O–H groups in total. The van der Waals surface area contributed by atoms with Crippen molar-refractivity contribution in [2.24, 2.45) is 0 Å². The molecule has 3 aromatic heterocycles. The summed E-state index contributed by atoms with van der Waals surface area (Å²) in [7, 11) is 0. The number of benzene rings is 8. The minimum atomic E-state index is 0.826. The highest BCUT2D eigenvalue weighted by Crippen LogP contribution is 2.46. The maximum absolute atomic E-state index is 6.56. The maximum atomic E-state index is 6.56. The van der Waals surface area contributed by atoms with Gasteiger partial charge < -0.3 is 8.83 Å². The lowest BCUT2D eigenvalue weighted by Gasteiger charge is -2.17. The molecule has 0 radical (unpaired) electrons. The van der Waals surface area contributed by atoms with Gasteiger partial charge in [0.1, 0.15) is 16.7 Å². The monoisotopic (exact) mass is 642 g/mol. The van der Waals surface area contributed by atoms with Crippen LogP contribution in [0.15, 0.2) is 167 Å². The van der Waals surface area contributed by atoms with Gasteiger partial charge in [0.15, 0.2) is 0 Å². The number of rotatable bonds is 3. The molecule has 0 spiro atoms. The predicted octanol–water partition coefficient (Wildman–Crippen LogP) is 14.0. The molecule has 3 heteroatoms. The van der Waals surface area contributed by atoms with E-state index in [0.717, 1.165) is 49.6 Å². The lowest BCUT2D eigenvalue weighted by Crippen LogP contribution is -1.90. The van der Waals surface area contributed by atoms with E-state index in [9.17, 15) is 0 Å². The number of hydrogen-bond acceptors (Lipinski definition) is 3. The number of fused-ring (bicyclic) bond motifs is 9. The van der Waals surface area contributed by atoms with Gasteiger partial charge in [-0.3, -0.25) is 0 Å². The molecule has 11 rings (SSSR count). The van der Waals surface area contributed by atoms with Crippen LogP contribution in [0.25, 0.3) is 108 Å². The lowest BCUT2D eigenvalue weighted by atomic mass is 9.85. The van der Waals surface area contributed by atoms with Gasteiger partial charge in [-0.15, -0.1) is 11.3 Å². The molecule has 0 aliphatic rings. The minimum Gasteiger partial charge on any atom is -0.464 e. The van der Waals surface area contributed by atoms with Crippen LogP contribution in [0.1, 0.15) is 0 Å². The van der Waals surface area contributed by atoms with Crippen molar-refractivity contribution in [3.63, 3.8) is 0 Å². The first-order valence-corrected chi connectivity index (χ1v) is 17.4. The molecule has 3 heterocycles. The average molecular weight is 643 g/mol. The molecule has 49 heavy (non-hydrogen) atoms. The summed E-state index contributed by atoms with van der Waals surface area (Å²) in [5.41, 5.74) is 9.63. The van der Waals surface area contributed by atoms with E-state index in [2.05, 4.69) is 140 Å². The molecule has 228 valence electrons. The Morgan fingerprint density at radius 1 is 0.347 bits per heavy atom. The summed E-state index contributed by atoms with van der Waals surface area (Å²) in [6, 6.07) is 54.7. The van der Waals surface area contributed by atoms with E-state index in [1.165, 1.54) is 58.4 Å². The lowest BCUT2D eigenvalue weighted by molar-refractivity contribution is 0.614. The van der Waals surface area contributed by atoms with Crippen molar-refractivity contribution in [1.82, 2.24) is 0 Å². The predicted molar refractivity (Wildman–Crippen MR) is 208 cm³/mol. The fourth-order valence-electron chi connectivity index (χ4n) is 7.93. The van der Waals surface area contributed by atoms with Crippen LogP contribution >= 0.6 is 11.3 Å². The zero-order valence-corrected chi connectivity index (χ0v) is 27.1. The van der Waals surface area contributed by atoms with E-state index < -0.39 is 0 Å². The molecule has 0 aliphatic heterocycles. The second kappa shape index (κ2) is 10.2. The van der Waals surface area contributed by atoms with Crippen molar-refractivity contribution in [3.05, 3.63) is 158 Å². The third-order valence-corrected chi connectivity index (χ3v) is 11.3. The van der Waals surface area contributed by atoms with Crippen LogP contribution in [0.5, 0.6) is 0 Å². The van der Waals surface area contributed by atoms with E-state index in [0.29, 0.717) is 0 Å². The second-order valence-electron chi connectivity index (χ2n) is 12.8. The Hall–Kier alpha value is -6.16. The largest absolute Gasteiger partial charge is 0.464 e. The van der Waals surface area contributed by atoms with Crippen LogP contribution in [0.2, 0.25) is 0 Å². The SMILES string of the molecule is c1ccc(-c2coc3cc4oc5cc(-c6c7ccccc7c(-c7ccc8c(c7)sc7ccccc78)c7ccccc67)ccc5c4cc23)cc1. The normalized spacial score (nSPS) is 12.1. The van der Waals surface area contributed by atoms with Crippen LogP contribution in [0, 0.1) is 0 Å². The molecule has 0 fully saturated rings. The third kappa shape index (κ3) is 3.94. The Bertz CT molecular complexity index is 3050. The molecule has 2 nitrogen and oxygen atoms in total. The topological polar surface area (TPSA) is 26.3 Å². The molecule has 0 unspecified atom stereocenters. The van der Waals surface area contributed by atoms with Crippen LogP contribution in [-0.2, 0) is 0 Å². The maximum Gasteiger partial charge on any atom is 0.139 e. The van der Waals surface area contributed by atoms with Gasteiger partial charge in [-0.2, -0.15) is 0 Å². The van der Waals surface area contributed by atoms with Gasteiger partial charge in [-0.05, 0) is 79.7 Å². The van der Waals surface area contributed by atoms with Crippen LogP contribution in [0.4, 0.5) is 0 Å². The van der Waals surface area contributed by atoms with Gasteiger partial charge in [0.05, 0.1) is 6.26 Å².